The van der Waals surface area contributed by atoms with Crippen LogP contribution < -0.4 is 0 Å². The monoisotopic (exact) mass is 372 g/mol. The summed E-state index contributed by atoms with van der Waals surface area (Å²) in [5.41, 5.74) is 0.837. The zero-order valence-electron chi connectivity index (χ0n) is 16.3. The predicted molar refractivity (Wildman–Crippen MR) is 98.3 cm³/mol. The van der Waals surface area contributed by atoms with Gasteiger partial charge in [-0.3, -0.25) is 14.4 Å². The molecular weight excluding hydrogens is 344 g/mol. The van der Waals surface area contributed by atoms with E-state index in [0.29, 0.717) is 36.4 Å². The molecule has 4 rings (SSSR count). The number of hydrogen-bond donors (Lipinski definition) is 0. The Morgan fingerprint density at radius 2 is 1.93 bits per heavy atom. The summed E-state index contributed by atoms with van der Waals surface area (Å²) in [6, 6.07) is 0. The molecule has 0 unspecified atom stereocenters. The molecule has 0 amide bonds. The van der Waals surface area contributed by atoms with Gasteiger partial charge in [0.1, 0.15) is 17.6 Å². The molecule has 5 heteroatoms. The van der Waals surface area contributed by atoms with Crippen LogP contribution >= 0.6 is 0 Å². The molecule has 0 aliphatic heterocycles. The van der Waals surface area contributed by atoms with Crippen LogP contribution in [0.4, 0.5) is 0 Å². The van der Waals surface area contributed by atoms with Gasteiger partial charge in [0.2, 0.25) is 0 Å². The first-order valence-electron chi connectivity index (χ1n) is 10.1. The highest BCUT2D eigenvalue weighted by atomic mass is 16.5. The third-order valence-corrected chi connectivity index (χ3v) is 7.34. The Bertz CT molecular complexity index is 748. The van der Waals surface area contributed by atoms with Crippen LogP contribution in [0.3, 0.4) is 0 Å². The van der Waals surface area contributed by atoms with Crippen LogP contribution in [0.25, 0.3) is 0 Å². The molecule has 5 nitrogen and oxygen atoms in total. The largest absolute Gasteiger partial charge is 0.462 e. The van der Waals surface area contributed by atoms with E-state index in [4.69, 9.17) is 9.47 Å². The summed E-state index contributed by atoms with van der Waals surface area (Å²) in [6.07, 6.45) is 8.79. The summed E-state index contributed by atoms with van der Waals surface area (Å²) in [7, 11) is 0. The number of ketones is 1. The molecule has 2 fully saturated rings. The van der Waals surface area contributed by atoms with E-state index in [-0.39, 0.29) is 29.4 Å². The Morgan fingerprint density at radius 3 is 2.63 bits per heavy atom. The maximum atomic E-state index is 12.7. The summed E-state index contributed by atoms with van der Waals surface area (Å²) >= 11 is 0. The average Bonchev–Trinajstić information content (AvgIpc) is 2.88. The first-order valence-corrected chi connectivity index (χ1v) is 10.1. The van der Waals surface area contributed by atoms with Crippen molar-refractivity contribution in [2.45, 2.75) is 65.4 Å². The summed E-state index contributed by atoms with van der Waals surface area (Å²) in [5.74, 6) is 1.79. The van der Waals surface area contributed by atoms with Crippen molar-refractivity contribution in [3.63, 3.8) is 0 Å². The van der Waals surface area contributed by atoms with E-state index >= 15 is 0 Å². The second-order valence-electron chi connectivity index (χ2n) is 8.87. The van der Waals surface area contributed by atoms with Crippen molar-refractivity contribution in [3.05, 3.63) is 23.5 Å². The molecular formula is C22H28O5. The van der Waals surface area contributed by atoms with Crippen molar-refractivity contribution in [2.24, 2.45) is 29.1 Å². The lowest BCUT2D eigenvalue weighted by Crippen LogP contribution is -2.53. The molecule has 0 aromatic heterocycles. The van der Waals surface area contributed by atoms with Crippen molar-refractivity contribution in [1.29, 1.82) is 0 Å². The van der Waals surface area contributed by atoms with E-state index in [1.54, 1.807) is 0 Å². The number of rotatable bonds is 2. The van der Waals surface area contributed by atoms with E-state index in [0.717, 1.165) is 31.4 Å². The minimum Gasteiger partial charge on any atom is -0.462 e. The van der Waals surface area contributed by atoms with Crippen LogP contribution in [0.5, 0.6) is 0 Å². The van der Waals surface area contributed by atoms with Crippen molar-refractivity contribution >= 4 is 17.7 Å². The van der Waals surface area contributed by atoms with Gasteiger partial charge in [-0.15, -0.1) is 0 Å². The van der Waals surface area contributed by atoms with Gasteiger partial charge in [0.25, 0.3) is 0 Å². The van der Waals surface area contributed by atoms with Crippen molar-refractivity contribution in [3.8, 4) is 0 Å². The van der Waals surface area contributed by atoms with Gasteiger partial charge in [-0.05, 0) is 55.1 Å². The molecule has 0 bridgehead atoms. The number of hydrogen-bond acceptors (Lipinski definition) is 5. The number of ether oxygens (including phenoxy) is 2. The number of carbonyl (C=O) groups excluding carboxylic acids is 3. The number of fused-ring (bicyclic) bond motifs is 5. The smallest absolute Gasteiger partial charge is 0.307 e. The fourth-order valence-electron chi connectivity index (χ4n) is 6.35. The first kappa shape index (κ1) is 18.5. The predicted octanol–water partition coefficient (Wildman–Crippen LogP) is 3.73. The third kappa shape index (κ3) is 3.05. The molecule has 0 radical (unpaired) electrons. The SMILES string of the molecule is CC(=O)OC1=CC2=CC[C@@H]3[C@H]([C@H](OC(C)=O)C[C@]4(C)C(=O)CC[C@@H]34)[C@H]2CC1. The molecule has 0 heterocycles. The lowest BCUT2D eigenvalue weighted by molar-refractivity contribution is -0.166. The fraction of sp³-hybridized carbons (Fsp3) is 0.682. The Kier molecular flexibility index (Phi) is 4.52. The standard InChI is InChI=1S/C22H28O5/c1-12(23)26-15-5-7-16-14(10-15)4-6-17-18-8-9-20(25)22(18,3)11-19(21(16)17)27-13(2)24/h4,10,16-19,21H,5-9,11H2,1-3H3/t16-,17-,18-,19+,21+,22-/m0/s1. The molecule has 0 aromatic rings. The molecule has 0 aromatic carbocycles. The van der Waals surface area contributed by atoms with Gasteiger partial charge >= 0.3 is 11.9 Å². The van der Waals surface area contributed by atoms with Crippen LogP contribution in [-0.4, -0.2) is 23.8 Å². The van der Waals surface area contributed by atoms with Gasteiger partial charge in [-0.25, -0.2) is 0 Å². The molecule has 0 N–H and O–H groups in total. The lowest BCUT2D eigenvalue weighted by atomic mass is 9.52. The zero-order chi connectivity index (χ0) is 19.3. The Balaban J connectivity index is 1.68. The van der Waals surface area contributed by atoms with E-state index in [1.165, 1.54) is 19.4 Å². The van der Waals surface area contributed by atoms with Gasteiger partial charge in [-0.2, -0.15) is 0 Å². The van der Waals surface area contributed by atoms with Crippen LogP contribution in [0.1, 0.15) is 59.3 Å². The van der Waals surface area contributed by atoms with Gasteiger partial charge in [-0.1, -0.05) is 13.0 Å². The highest BCUT2D eigenvalue weighted by Crippen LogP contribution is 2.60. The van der Waals surface area contributed by atoms with Gasteiger partial charge < -0.3 is 9.47 Å². The minimum atomic E-state index is -0.361. The second kappa shape index (κ2) is 6.61. The van der Waals surface area contributed by atoms with E-state index in [9.17, 15) is 14.4 Å². The second-order valence-corrected chi connectivity index (χ2v) is 8.87. The zero-order valence-corrected chi connectivity index (χ0v) is 16.3. The summed E-state index contributed by atoms with van der Waals surface area (Å²) < 4.78 is 11.1. The Labute approximate surface area is 160 Å². The number of allylic oxidation sites excluding steroid dienone is 4. The molecule has 0 saturated heterocycles. The topological polar surface area (TPSA) is 69.7 Å². The molecule has 6 atom stereocenters. The van der Waals surface area contributed by atoms with Gasteiger partial charge in [0, 0.05) is 38.0 Å². The van der Waals surface area contributed by atoms with E-state index < -0.39 is 0 Å². The molecule has 146 valence electrons. The van der Waals surface area contributed by atoms with Crippen molar-refractivity contribution < 1.29 is 23.9 Å². The van der Waals surface area contributed by atoms with E-state index in [2.05, 4.69) is 13.0 Å². The summed E-state index contributed by atoms with van der Waals surface area (Å²) in [6.45, 7) is 4.96. The molecule has 2 saturated carbocycles. The molecule has 0 spiro atoms. The highest BCUT2D eigenvalue weighted by molar-refractivity contribution is 5.87. The van der Waals surface area contributed by atoms with E-state index in [1.807, 2.05) is 6.08 Å². The maximum absolute atomic E-state index is 12.7. The number of Topliss-reactive ketones (excluding diaryl/α,β-unsaturated/α-hetero) is 1. The normalized spacial score (nSPS) is 40.1. The number of esters is 2. The quantitative estimate of drug-likeness (QED) is 0.691. The van der Waals surface area contributed by atoms with Crippen molar-refractivity contribution in [1.82, 2.24) is 0 Å². The first-order chi connectivity index (χ1) is 12.8. The molecule has 4 aliphatic rings. The molecule has 27 heavy (non-hydrogen) atoms. The third-order valence-electron chi connectivity index (χ3n) is 7.34. The minimum absolute atomic E-state index is 0.215. The highest BCUT2D eigenvalue weighted by Gasteiger charge is 2.59. The van der Waals surface area contributed by atoms with Crippen LogP contribution in [0.15, 0.2) is 23.5 Å². The average molecular weight is 372 g/mol. The summed E-state index contributed by atoms with van der Waals surface area (Å²) in [5, 5.41) is 0. The lowest BCUT2D eigenvalue weighted by Gasteiger charge is -2.53. The van der Waals surface area contributed by atoms with Gasteiger partial charge in [0.15, 0.2) is 0 Å². The Morgan fingerprint density at radius 1 is 1.15 bits per heavy atom. The Hall–Kier alpha value is -1.91. The fourth-order valence-corrected chi connectivity index (χ4v) is 6.35. The van der Waals surface area contributed by atoms with Crippen molar-refractivity contribution in [2.75, 3.05) is 0 Å². The number of carbonyl (C=O) groups is 3. The molecule has 4 aliphatic carbocycles. The van der Waals surface area contributed by atoms with Gasteiger partial charge in [0.05, 0.1) is 0 Å². The van der Waals surface area contributed by atoms with Crippen LogP contribution in [-0.2, 0) is 23.9 Å². The summed E-state index contributed by atoms with van der Waals surface area (Å²) in [4.78, 5) is 35.7. The van der Waals surface area contributed by atoms with Crippen LogP contribution in [0.2, 0.25) is 0 Å². The van der Waals surface area contributed by atoms with Crippen LogP contribution in [0, 0.1) is 29.1 Å². The maximum Gasteiger partial charge on any atom is 0.307 e.